The Morgan fingerprint density at radius 1 is 1.21 bits per heavy atom. The molecule has 5 heterocycles. The lowest BCUT2D eigenvalue weighted by Gasteiger charge is -2.39. The van der Waals surface area contributed by atoms with Crippen molar-refractivity contribution in [1.29, 1.82) is 0 Å². The molecule has 1 fully saturated rings. The third-order valence-corrected chi connectivity index (χ3v) is 7.48. The summed E-state index contributed by atoms with van der Waals surface area (Å²) in [5.74, 6) is 1.86. The molecule has 10 nitrogen and oxygen atoms in total. The van der Waals surface area contributed by atoms with E-state index in [4.69, 9.17) is 14.5 Å². The number of nitrogens with one attached hydrogen (secondary N) is 2. The molecule has 0 bridgehead atoms. The summed E-state index contributed by atoms with van der Waals surface area (Å²) in [6.07, 6.45) is 5.11. The van der Waals surface area contributed by atoms with Crippen molar-refractivity contribution in [2.24, 2.45) is 5.92 Å². The Morgan fingerprint density at radius 3 is 2.87 bits per heavy atom. The number of fused-ring (bicyclic) bond motifs is 2. The molecular formula is C28H33N7O3. The largest absolute Gasteiger partial charge is 0.474 e. The minimum atomic E-state index is 0.160. The number of rotatable bonds is 7. The molecule has 2 aromatic heterocycles. The SMILES string of the molecule is COCC1CN(C(=O)Cc2ccc(Nc3ncc4c(n3)CN(c3cnc5c(c3C)NCCO5)CC4)cc2)C1. The molecule has 198 valence electrons. The number of carbonyl (C=O) groups is 1. The molecule has 0 unspecified atom stereocenters. The van der Waals surface area contributed by atoms with E-state index < -0.39 is 0 Å². The van der Waals surface area contributed by atoms with Gasteiger partial charge in [0, 0.05) is 56.7 Å². The maximum Gasteiger partial charge on any atom is 0.237 e. The first kappa shape index (κ1) is 24.4. The molecule has 6 rings (SSSR count). The lowest BCUT2D eigenvalue weighted by Crippen LogP contribution is -2.52. The second-order valence-corrected chi connectivity index (χ2v) is 10.2. The van der Waals surface area contributed by atoms with Crippen molar-refractivity contribution >= 4 is 28.9 Å². The standard InChI is InChI=1S/C28H33N7O3/c1-18-24(13-30-27-26(18)29-8-10-38-27)34-9-7-21-12-31-28(33-23(21)16-34)32-22-5-3-19(4-6-22)11-25(36)35-14-20(15-35)17-37-2/h3-6,12-13,20,29H,7-11,14-17H2,1-2H3,(H,31,32,33). The number of benzene rings is 1. The number of anilines is 4. The van der Waals surface area contributed by atoms with E-state index in [-0.39, 0.29) is 5.91 Å². The smallest absolute Gasteiger partial charge is 0.237 e. The number of carbonyl (C=O) groups excluding carboxylic acids is 1. The molecule has 2 N–H and O–H groups in total. The van der Waals surface area contributed by atoms with Crippen LogP contribution in [0.5, 0.6) is 5.88 Å². The molecule has 1 aromatic carbocycles. The van der Waals surface area contributed by atoms with Crippen LogP contribution in [0.4, 0.5) is 23.0 Å². The fourth-order valence-electron chi connectivity index (χ4n) is 5.33. The molecule has 0 aliphatic carbocycles. The van der Waals surface area contributed by atoms with Gasteiger partial charge < -0.3 is 29.9 Å². The Hall–Kier alpha value is -3.92. The highest BCUT2D eigenvalue weighted by Crippen LogP contribution is 2.36. The molecule has 0 spiro atoms. The minimum Gasteiger partial charge on any atom is -0.474 e. The fourth-order valence-corrected chi connectivity index (χ4v) is 5.33. The Morgan fingerprint density at radius 2 is 2.05 bits per heavy atom. The van der Waals surface area contributed by atoms with Crippen molar-refractivity contribution in [1.82, 2.24) is 19.9 Å². The number of likely N-dealkylation sites (tertiary alicyclic amines) is 1. The summed E-state index contributed by atoms with van der Waals surface area (Å²) in [5.41, 5.74) is 7.29. The summed E-state index contributed by atoms with van der Waals surface area (Å²) in [4.78, 5) is 30.6. The average Bonchev–Trinajstić information content (AvgIpc) is 2.91. The number of amides is 1. The fraction of sp³-hybridized carbons (Fsp3) is 0.429. The van der Waals surface area contributed by atoms with Gasteiger partial charge in [0.25, 0.3) is 0 Å². The number of ether oxygens (including phenoxy) is 2. The Bertz CT molecular complexity index is 1320. The van der Waals surface area contributed by atoms with Gasteiger partial charge in [0.15, 0.2) is 0 Å². The van der Waals surface area contributed by atoms with Crippen LogP contribution in [-0.2, 0) is 28.9 Å². The second kappa shape index (κ2) is 10.4. The van der Waals surface area contributed by atoms with Crippen LogP contribution in [0, 0.1) is 12.8 Å². The summed E-state index contributed by atoms with van der Waals surface area (Å²) in [6, 6.07) is 7.91. The van der Waals surface area contributed by atoms with E-state index >= 15 is 0 Å². The summed E-state index contributed by atoms with van der Waals surface area (Å²) in [5, 5.41) is 6.74. The van der Waals surface area contributed by atoms with Gasteiger partial charge in [-0.25, -0.2) is 15.0 Å². The average molecular weight is 516 g/mol. The number of pyridine rings is 1. The number of hydrogen-bond donors (Lipinski definition) is 2. The first-order valence-electron chi connectivity index (χ1n) is 13.2. The predicted molar refractivity (Wildman–Crippen MR) is 145 cm³/mol. The summed E-state index contributed by atoms with van der Waals surface area (Å²) >= 11 is 0. The third-order valence-electron chi connectivity index (χ3n) is 7.48. The van der Waals surface area contributed by atoms with Crippen LogP contribution in [0.15, 0.2) is 36.7 Å². The molecule has 1 amide bonds. The first-order chi connectivity index (χ1) is 18.6. The number of nitrogens with zero attached hydrogens (tertiary/aromatic N) is 5. The molecule has 38 heavy (non-hydrogen) atoms. The summed E-state index contributed by atoms with van der Waals surface area (Å²) in [7, 11) is 1.70. The van der Waals surface area contributed by atoms with Crippen LogP contribution in [0.2, 0.25) is 0 Å². The zero-order valence-corrected chi connectivity index (χ0v) is 21.9. The number of aromatic nitrogens is 3. The molecule has 3 aromatic rings. The van der Waals surface area contributed by atoms with Crippen LogP contribution in [0.25, 0.3) is 0 Å². The van der Waals surface area contributed by atoms with Gasteiger partial charge in [-0.05, 0) is 36.6 Å². The molecule has 0 radical (unpaired) electrons. The lowest BCUT2D eigenvalue weighted by molar-refractivity contribution is -0.138. The van der Waals surface area contributed by atoms with Crippen molar-refractivity contribution in [2.75, 3.05) is 62.0 Å². The van der Waals surface area contributed by atoms with Gasteiger partial charge in [-0.1, -0.05) is 12.1 Å². The van der Waals surface area contributed by atoms with E-state index in [1.54, 1.807) is 7.11 Å². The van der Waals surface area contributed by atoms with Crippen LogP contribution >= 0.6 is 0 Å². The lowest BCUT2D eigenvalue weighted by atomic mass is 10.00. The van der Waals surface area contributed by atoms with Gasteiger partial charge in [-0.3, -0.25) is 4.79 Å². The van der Waals surface area contributed by atoms with Gasteiger partial charge in [-0.15, -0.1) is 0 Å². The Kier molecular flexibility index (Phi) is 6.71. The molecule has 1 saturated heterocycles. The second-order valence-electron chi connectivity index (χ2n) is 10.2. The zero-order valence-electron chi connectivity index (χ0n) is 21.9. The van der Waals surface area contributed by atoms with E-state index in [1.807, 2.05) is 41.6 Å². The van der Waals surface area contributed by atoms with Crippen LogP contribution in [0.3, 0.4) is 0 Å². The monoisotopic (exact) mass is 515 g/mol. The Labute approximate surface area is 222 Å². The van der Waals surface area contributed by atoms with E-state index in [0.717, 1.165) is 66.5 Å². The van der Waals surface area contributed by atoms with Gasteiger partial charge in [0.1, 0.15) is 12.3 Å². The van der Waals surface area contributed by atoms with E-state index in [0.29, 0.717) is 43.9 Å². The van der Waals surface area contributed by atoms with Gasteiger partial charge in [-0.2, -0.15) is 0 Å². The maximum atomic E-state index is 12.5. The first-order valence-corrected chi connectivity index (χ1v) is 13.2. The molecule has 10 heteroatoms. The van der Waals surface area contributed by atoms with Crippen LogP contribution in [0.1, 0.15) is 22.4 Å². The molecule has 3 aliphatic heterocycles. The topological polar surface area (TPSA) is 105 Å². The van der Waals surface area contributed by atoms with Gasteiger partial charge >= 0.3 is 0 Å². The predicted octanol–water partition coefficient (Wildman–Crippen LogP) is 2.94. The van der Waals surface area contributed by atoms with Crippen molar-refractivity contribution < 1.29 is 14.3 Å². The van der Waals surface area contributed by atoms with Crippen LogP contribution < -0.4 is 20.3 Å². The van der Waals surface area contributed by atoms with Crippen molar-refractivity contribution in [3.63, 3.8) is 0 Å². The molecule has 3 aliphatic rings. The number of hydrogen-bond acceptors (Lipinski definition) is 9. The third kappa shape index (κ3) is 4.96. The van der Waals surface area contributed by atoms with E-state index in [1.165, 1.54) is 5.56 Å². The van der Waals surface area contributed by atoms with Gasteiger partial charge in [0.05, 0.1) is 37.2 Å². The minimum absolute atomic E-state index is 0.160. The summed E-state index contributed by atoms with van der Waals surface area (Å²) in [6.45, 7) is 7.39. The number of methoxy groups -OCH3 is 1. The van der Waals surface area contributed by atoms with Crippen LogP contribution in [-0.4, -0.2) is 72.3 Å². The van der Waals surface area contributed by atoms with Crippen molar-refractivity contribution in [2.45, 2.75) is 26.3 Å². The molecule has 0 atom stereocenters. The highest BCUT2D eigenvalue weighted by molar-refractivity contribution is 5.79. The Balaban J connectivity index is 1.09. The highest BCUT2D eigenvalue weighted by atomic mass is 16.5. The van der Waals surface area contributed by atoms with Gasteiger partial charge in [0.2, 0.25) is 17.7 Å². The summed E-state index contributed by atoms with van der Waals surface area (Å²) < 4.78 is 10.9. The van der Waals surface area contributed by atoms with E-state index in [9.17, 15) is 4.79 Å². The van der Waals surface area contributed by atoms with Crippen molar-refractivity contribution in [3.05, 3.63) is 59.0 Å². The van der Waals surface area contributed by atoms with Crippen molar-refractivity contribution in [3.8, 4) is 5.88 Å². The maximum absolute atomic E-state index is 12.5. The molecular weight excluding hydrogens is 482 g/mol. The highest BCUT2D eigenvalue weighted by Gasteiger charge is 2.30. The molecule has 0 saturated carbocycles. The normalized spacial score (nSPS) is 16.6. The zero-order chi connectivity index (χ0) is 26.1. The quantitative estimate of drug-likeness (QED) is 0.491. The van der Waals surface area contributed by atoms with E-state index in [2.05, 4.69) is 32.4 Å².